The van der Waals surface area contributed by atoms with Crippen molar-refractivity contribution in [2.24, 2.45) is 0 Å². The zero-order chi connectivity index (χ0) is 37.1. The molecule has 0 saturated carbocycles. The minimum atomic E-state index is -0.465. The summed E-state index contributed by atoms with van der Waals surface area (Å²) in [5.74, 6) is 2.53. The molecule has 2 aliphatic carbocycles. The Morgan fingerprint density at radius 2 is 0.964 bits per heavy atom. The molecule has 3 aliphatic rings. The molecular formula is C53H36N2O. The van der Waals surface area contributed by atoms with Crippen LogP contribution in [0.25, 0.3) is 56.2 Å². The molecule has 11 rings (SSSR count). The van der Waals surface area contributed by atoms with Gasteiger partial charge in [-0.1, -0.05) is 176 Å². The number of para-hydroxylation sites is 1. The Hall–Kier alpha value is -7.10. The van der Waals surface area contributed by atoms with Crippen molar-refractivity contribution in [3.8, 4) is 56.5 Å². The predicted octanol–water partition coefficient (Wildman–Crippen LogP) is 13.2. The number of ether oxygens (including phenoxy) is 1. The Bertz CT molecular complexity index is 2770. The first-order valence-electron chi connectivity index (χ1n) is 19.4. The number of allylic oxidation sites excluding steroid dienone is 4. The summed E-state index contributed by atoms with van der Waals surface area (Å²) in [7, 11) is 0. The molecule has 0 saturated heterocycles. The van der Waals surface area contributed by atoms with Crippen LogP contribution in [0.5, 0.6) is 11.5 Å². The fourth-order valence-corrected chi connectivity index (χ4v) is 9.17. The molecule has 0 atom stereocenters. The average Bonchev–Trinajstić information content (AvgIpc) is 3.57. The van der Waals surface area contributed by atoms with Gasteiger partial charge >= 0.3 is 0 Å². The van der Waals surface area contributed by atoms with E-state index in [0.29, 0.717) is 0 Å². The van der Waals surface area contributed by atoms with Gasteiger partial charge in [-0.25, -0.2) is 9.97 Å². The molecular weight excluding hydrogens is 681 g/mol. The van der Waals surface area contributed by atoms with Crippen LogP contribution in [0, 0.1) is 0 Å². The van der Waals surface area contributed by atoms with E-state index in [0.717, 1.165) is 63.8 Å². The van der Waals surface area contributed by atoms with Crippen LogP contribution in [0.3, 0.4) is 0 Å². The fourth-order valence-electron chi connectivity index (χ4n) is 9.17. The van der Waals surface area contributed by atoms with Crippen molar-refractivity contribution in [2.75, 3.05) is 0 Å². The van der Waals surface area contributed by atoms with Gasteiger partial charge in [0, 0.05) is 27.8 Å². The average molecular weight is 717 g/mol. The highest BCUT2D eigenvalue weighted by atomic mass is 16.5. The third-order valence-electron chi connectivity index (χ3n) is 11.7. The van der Waals surface area contributed by atoms with Crippen molar-refractivity contribution in [1.82, 2.24) is 9.97 Å². The van der Waals surface area contributed by atoms with Crippen LogP contribution in [0.2, 0.25) is 0 Å². The van der Waals surface area contributed by atoms with Gasteiger partial charge in [0.05, 0.1) is 16.8 Å². The van der Waals surface area contributed by atoms with E-state index in [1.165, 1.54) is 50.1 Å². The molecule has 2 heterocycles. The van der Waals surface area contributed by atoms with E-state index in [1.807, 2.05) is 24.3 Å². The van der Waals surface area contributed by atoms with Crippen LogP contribution in [-0.4, -0.2) is 9.97 Å². The number of rotatable bonds is 5. The van der Waals surface area contributed by atoms with Crippen molar-refractivity contribution in [3.63, 3.8) is 0 Å². The van der Waals surface area contributed by atoms with Gasteiger partial charge in [0.15, 0.2) is 5.82 Å². The largest absolute Gasteiger partial charge is 0.457 e. The summed E-state index contributed by atoms with van der Waals surface area (Å²) < 4.78 is 6.86. The van der Waals surface area contributed by atoms with Crippen LogP contribution in [0.1, 0.15) is 46.2 Å². The Kier molecular flexibility index (Phi) is 7.53. The molecule has 0 radical (unpaired) electrons. The maximum Gasteiger partial charge on any atom is 0.160 e. The first kappa shape index (κ1) is 32.3. The molecule has 3 nitrogen and oxygen atoms in total. The summed E-state index contributed by atoms with van der Waals surface area (Å²) in [5.41, 5.74) is 16.9. The number of benzene rings is 7. The fraction of sp³-hybridized carbons (Fsp3) is 0.0566. The van der Waals surface area contributed by atoms with E-state index in [2.05, 4.69) is 170 Å². The van der Waals surface area contributed by atoms with Gasteiger partial charge < -0.3 is 4.74 Å². The molecule has 1 aromatic heterocycles. The highest BCUT2D eigenvalue weighted by Gasteiger charge is 2.50. The summed E-state index contributed by atoms with van der Waals surface area (Å²) in [6.45, 7) is 0. The Balaban J connectivity index is 1.01. The number of aromatic nitrogens is 2. The van der Waals surface area contributed by atoms with E-state index >= 15 is 0 Å². The van der Waals surface area contributed by atoms with E-state index in [-0.39, 0.29) is 0 Å². The molecule has 0 amide bonds. The van der Waals surface area contributed by atoms with Gasteiger partial charge in [0.25, 0.3) is 0 Å². The second kappa shape index (κ2) is 13.0. The van der Waals surface area contributed by atoms with Gasteiger partial charge in [-0.05, 0) is 75.6 Å². The topological polar surface area (TPSA) is 35.0 Å². The van der Waals surface area contributed by atoms with E-state index in [1.54, 1.807) is 0 Å². The molecule has 1 aliphatic heterocycles. The highest BCUT2D eigenvalue weighted by molar-refractivity contribution is 5.98. The third kappa shape index (κ3) is 5.05. The summed E-state index contributed by atoms with van der Waals surface area (Å²) in [6.07, 6.45) is 6.55. The molecule has 56 heavy (non-hydrogen) atoms. The minimum Gasteiger partial charge on any atom is -0.457 e. The van der Waals surface area contributed by atoms with Gasteiger partial charge in [-0.3, -0.25) is 0 Å². The van der Waals surface area contributed by atoms with Gasteiger partial charge in [-0.15, -0.1) is 0 Å². The monoisotopic (exact) mass is 716 g/mol. The number of hydrogen-bond donors (Lipinski definition) is 0. The second-order valence-corrected chi connectivity index (χ2v) is 14.8. The zero-order valence-electron chi connectivity index (χ0n) is 30.7. The Labute approximate surface area is 327 Å². The smallest absolute Gasteiger partial charge is 0.160 e. The lowest BCUT2D eigenvalue weighted by molar-refractivity contribution is 0.436. The summed E-state index contributed by atoms with van der Waals surface area (Å²) in [6, 6.07) is 64.8. The molecule has 0 N–H and O–H groups in total. The maximum atomic E-state index is 6.86. The molecule has 0 bridgehead atoms. The van der Waals surface area contributed by atoms with E-state index < -0.39 is 5.41 Å². The highest BCUT2D eigenvalue weighted by Crippen LogP contribution is 2.62. The van der Waals surface area contributed by atoms with Crippen LogP contribution < -0.4 is 4.74 Å². The minimum absolute atomic E-state index is 0.465. The van der Waals surface area contributed by atoms with Crippen LogP contribution in [-0.2, 0) is 5.41 Å². The summed E-state index contributed by atoms with van der Waals surface area (Å²) in [4.78, 5) is 10.1. The lowest BCUT2D eigenvalue weighted by atomic mass is 9.66. The molecule has 1 spiro atoms. The van der Waals surface area contributed by atoms with Crippen molar-refractivity contribution in [3.05, 3.63) is 228 Å². The zero-order valence-corrected chi connectivity index (χ0v) is 30.7. The lowest BCUT2D eigenvalue weighted by Gasteiger charge is -2.39. The van der Waals surface area contributed by atoms with E-state index in [9.17, 15) is 0 Å². The van der Waals surface area contributed by atoms with Crippen LogP contribution in [0.4, 0.5) is 0 Å². The summed E-state index contributed by atoms with van der Waals surface area (Å²) >= 11 is 0. The molecule has 264 valence electrons. The number of fused-ring (bicyclic) bond motifs is 9. The molecule has 7 aromatic carbocycles. The summed E-state index contributed by atoms with van der Waals surface area (Å²) in [5, 5.41) is 0. The first-order chi connectivity index (χ1) is 27.8. The molecule has 3 heteroatoms. The van der Waals surface area contributed by atoms with Gasteiger partial charge in [0.2, 0.25) is 0 Å². The third-order valence-corrected chi connectivity index (χ3v) is 11.7. The predicted molar refractivity (Wildman–Crippen MR) is 227 cm³/mol. The van der Waals surface area contributed by atoms with Crippen LogP contribution in [0.15, 0.2) is 194 Å². The van der Waals surface area contributed by atoms with Crippen LogP contribution >= 0.6 is 0 Å². The lowest BCUT2D eigenvalue weighted by Crippen LogP contribution is -2.32. The van der Waals surface area contributed by atoms with Gasteiger partial charge in [0.1, 0.15) is 11.5 Å². The normalized spacial score (nSPS) is 14.4. The molecule has 8 aromatic rings. The standard InChI is InChI=1S/C53H36N2O/c1-3-15-36(16-4-1)48-34-49(55-52(54-48)38-17-5-2-6-18-38)37-29-27-35(28-30-37)40-19-7-8-20-41(40)39-31-32-47-51(33-39)56-50-26-14-13-25-46(50)53(47)44-23-11-9-21-42(44)43-22-10-12-24-45(43)53/h1-6,8-18,20-34H,7,19H2. The van der Waals surface area contributed by atoms with Crippen molar-refractivity contribution < 1.29 is 4.74 Å². The first-order valence-corrected chi connectivity index (χ1v) is 19.4. The number of nitrogens with zero attached hydrogens (tertiary/aromatic N) is 2. The Morgan fingerprint density at radius 3 is 1.66 bits per heavy atom. The molecule has 0 fully saturated rings. The second-order valence-electron chi connectivity index (χ2n) is 14.8. The number of hydrogen-bond acceptors (Lipinski definition) is 3. The maximum absolute atomic E-state index is 6.86. The SMILES string of the molecule is C1=CC(c2ccc3c(c2)Oc2ccccc2C32c3ccccc3-c3ccccc32)=C(c2ccc(-c3cc(-c4ccccc4)nc(-c4ccccc4)n3)cc2)CC1. The van der Waals surface area contributed by atoms with Crippen molar-refractivity contribution >= 4 is 11.1 Å². The quantitative estimate of drug-likeness (QED) is 0.178. The molecule has 0 unspecified atom stereocenters. The Morgan fingerprint density at radius 1 is 0.429 bits per heavy atom. The van der Waals surface area contributed by atoms with Gasteiger partial charge in [-0.2, -0.15) is 0 Å². The van der Waals surface area contributed by atoms with E-state index in [4.69, 9.17) is 14.7 Å². The van der Waals surface area contributed by atoms with Crippen molar-refractivity contribution in [1.29, 1.82) is 0 Å². The van der Waals surface area contributed by atoms with Crippen molar-refractivity contribution in [2.45, 2.75) is 18.3 Å².